The maximum atomic E-state index is 12.1. The second-order valence-electron chi connectivity index (χ2n) is 5.06. The molecule has 5 heteroatoms. The summed E-state index contributed by atoms with van der Waals surface area (Å²) in [7, 11) is 3.83. The topological polar surface area (TPSA) is 71.2 Å². The van der Waals surface area contributed by atoms with Crippen molar-refractivity contribution in [3.63, 3.8) is 0 Å². The van der Waals surface area contributed by atoms with Gasteiger partial charge in [-0.15, -0.1) is 0 Å². The quantitative estimate of drug-likeness (QED) is 0.882. The first kappa shape index (κ1) is 15.0. The molecule has 0 bridgehead atoms. The van der Waals surface area contributed by atoms with Crippen LogP contribution in [0.15, 0.2) is 48.8 Å². The zero-order chi connectivity index (χ0) is 15.2. The van der Waals surface area contributed by atoms with Crippen LogP contribution in [0.4, 0.5) is 11.4 Å². The number of hydrogen-bond donors (Lipinski definition) is 2. The van der Waals surface area contributed by atoms with Crippen LogP contribution in [0.5, 0.6) is 0 Å². The highest BCUT2D eigenvalue weighted by Gasteiger charge is 2.13. The Balaban J connectivity index is 2.02. The Labute approximate surface area is 124 Å². The van der Waals surface area contributed by atoms with Crippen LogP contribution in [0.2, 0.25) is 0 Å². The highest BCUT2D eigenvalue weighted by atomic mass is 16.1. The minimum absolute atomic E-state index is 0.123. The molecule has 2 rings (SSSR count). The summed E-state index contributed by atoms with van der Waals surface area (Å²) in [6, 6.07) is 11.1. The first-order valence-electron chi connectivity index (χ1n) is 6.79. The van der Waals surface area contributed by atoms with Gasteiger partial charge in [-0.1, -0.05) is 30.3 Å². The first-order valence-corrected chi connectivity index (χ1v) is 6.79. The van der Waals surface area contributed by atoms with Crippen LogP contribution < -0.4 is 16.0 Å². The number of rotatable bonds is 5. The number of carbonyl (C=O) groups is 1. The number of benzene rings is 1. The molecule has 5 nitrogen and oxygen atoms in total. The molecule has 0 saturated heterocycles. The van der Waals surface area contributed by atoms with Gasteiger partial charge in [0.05, 0.1) is 17.6 Å². The average molecular weight is 284 g/mol. The Bertz CT molecular complexity index is 598. The van der Waals surface area contributed by atoms with Crippen molar-refractivity contribution in [3.05, 3.63) is 54.4 Å². The van der Waals surface area contributed by atoms with Gasteiger partial charge in [0, 0.05) is 32.8 Å². The van der Waals surface area contributed by atoms with Crippen LogP contribution in [0.3, 0.4) is 0 Å². The van der Waals surface area contributed by atoms with E-state index >= 15 is 0 Å². The van der Waals surface area contributed by atoms with Crippen LogP contribution >= 0.6 is 0 Å². The van der Waals surface area contributed by atoms with Gasteiger partial charge in [0.2, 0.25) is 5.91 Å². The monoisotopic (exact) mass is 284 g/mol. The Hall–Kier alpha value is -2.40. The molecule has 1 aromatic heterocycles. The number of aromatic nitrogens is 1. The highest BCUT2D eigenvalue weighted by molar-refractivity contribution is 5.94. The molecule has 1 unspecified atom stereocenters. The van der Waals surface area contributed by atoms with E-state index in [1.165, 1.54) is 0 Å². The third kappa shape index (κ3) is 4.03. The predicted octanol–water partition coefficient (Wildman–Crippen LogP) is 2.18. The first-order chi connectivity index (χ1) is 10.1. The van der Waals surface area contributed by atoms with Crippen LogP contribution in [-0.4, -0.2) is 25.0 Å². The molecule has 3 N–H and O–H groups in total. The van der Waals surface area contributed by atoms with Gasteiger partial charge in [-0.05, 0) is 11.6 Å². The summed E-state index contributed by atoms with van der Waals surface area (Å²) in [5.41, 5.74) is 8.61. The van der Waals surface area contributed by atoms with Gasteiger partial charge < -0.3 is 16.0 Å². The van der Waals surface area contributed by atoms with Gasteiger partial charge in [-0.3, -0.25) is 9.78 Å². The molecule has 21 heavy (non-hydrogen) atoms. The fourth-order valence-electron chi connectivity index (χ4n) is 2.09. The van der Waals surface area contributed by atoms with E-state index in [2.05, 4.69) is 10.3 Å². The van der Waals surface area contributed by atoms with Gasteiger partial charge in [0.25, 0.3) is 0 Å². The number of nitrogens with one attached hydrogen (secondary N) is 1. The molecular formula is C16H20N4O. The molecule has 0 radical (unpaired) electrons. The molecule has 1 amide bonds. The van der Waals surface area contributed by atoms with Crippen molar-refractivity contribution in [2.45, 2.75) is 12.5 Å². The molecule has 1 heterocycles. The Kier molecular flexibility index (Phi) is 4.90. The van der Waals surface area contributed by atoms with E-state index in [0.717, 1.165) is 11.3 Å². The minimum Gasteiger partial charge on any atom is -0.376 e. The van der Waals surface area contributed by atoms with Gasteiger partial charge >= 0.3 is 0 Å². The third-order valence-corrected chi connectivity index (χ3v) is 3.19. The average Bonchev–Trinajstić information content (AvgIpc) is 2.48. The Morgan fingerprint density at radius 1 is 1.29 bits per heavy atom. The van der Waals surface area contributed by atoms with Crippen molar-refractivity contribution in [2.75, 3.05) is 24.3 Å². The second kappa shape index (κ2) is 6.85. The molecule has 0 fully saturated rings. The lowest BCUT2D eigenvalue weighted by atomic mass is 10.0. The lowest BCUT2D eigenvalue weighted by molar-refractivity contribution is -0.116. The molecule has 0 saturated carbocycles. The van der Waals surface area contributed by atoms with Crippen LogP contribution in [0, 0.1) is 0 Å². The van der Waals surface area contributed by atoms with Crippen LogP contribution in [-0.2, 0) is 4.79 Å². The third-order valence-electron chi connectivity index (χ3n) is 3.19. The number of hydrogen-bond acceptors (Lipinski definition) is 4. The Morgan fingerprint density at radius 3 is 2.67 bits per heavy atom. The lowest BCUT2D eigenvalue weighted by Crippen LogP contribution is -2.22. The molecule has 1 aromatic carbocycles. The van der Waals surface area contributed by atoms with E-state index in [1.54, 1.807) is 12.4 Å². The SMILES string of the molecule is CN(C)c1ccncc1NC(=O)CC(N)c1ccccc1. The number of nitrogens with two attached hydrogens (primary N) is 1. The summed E-state index contributed by atoms with van der Waals surface area (Å²) >= 11 is 0. The zero-order valence-corrected chi connectivity index (χ0v) is 12.3. The van der Waals surface area contributed by atoms with Gasteiger partial charge in [0.1, 0.15) is 0 Å². The van der Waals surface area contributed by atoms with Crippen molar-refractivity contribution in [1.82, 2.24) is 4.98 Å². The number of carbonyl (C=O) groups excluding carboxylic acids is 1. The van der Waals surface area contributed by atoms with Crippen molar-refractivity contribution >= 4 is 17.3 Å². The molecule has 1 atom stereocenters. The molecule has 0 aliphatic rings. The Morgan fingerprint density at radius 2 is 2.00 bits per heavy atom. The summed E-state index contributed by atoms with van der Waals surface area (Å²) in [6.07, 6.45) is 3.56. The second-order valence-corrected chi connectivity index (χ2v) is 5.06. The van der Waals surface area contributed by atoms with E-state index in [9.17, 15) is 4.79 Å². The number of pyridine rings is 1. The molecule has 0 aliphatic heterocycles. The fourth-order valence-corrected chi connectivity index (χ4v) is 2.09. The predicted molar refractivity (Wildman–Crippen MR) is 85.2 cm³/mol. The molecule has 0 aliphatic carbocycles. The maximum absolute atomic E-state index is 12.1. The number of anilines is 2. The van der Waals surface area contributed by atoms with Gasteiger partial charge in [-0.25, -0.2) is 0 Å². The standard InChI is InChI=1S/C16H20N4O/c1-20(2)15-8-9-18-11-14(15)19-16(21)10-13(17)12-6-4-3-5-7-12/h3-9,11,13H,10,17H2,1-2H3,(H,19,21). The summed E-state index contributed by atoms with van der Waals surface area (Å²) in [6.45, 7) is 0. The largest absolute Gasteiger partial charge is 0.376 e. The molecule has 110 valence electrons. The summed E-state index contributed by atoms with van der Waals surface area (Å²) in [5, 5.41) is 2.87. The van der Waals surface area contributed by atoms with Gasteiger partial charge in [-0.2, -0.15) is 0 Å². The van der Waals surface area contributed by atoms with Crippen LogP contribution in [0.1, 0.15) is 18.0 Å². The van der Waals surface area contributed by atoms with E-state index < -0.39 is 0 Å². The van der Waals surface area contributed by atoms with E-state index in [-0.39, 0.29) is 18.4 Å². The smallest absolute Gasteiger partial charge is 0.226 e. The number of nitrogens with zero attached hydrogens (tertiary/aromatic N) is 2. The van der Waals surface area contributed by atoms with Crippen molar-refractivity contribution < 1.29 is 4.79 Å². The lowest BCUT2D eigenvalue weighted by Gasteiger charge is -2.18. The summed E-state index contributed by atoms with van der Waals surface area (Å²) in [4.78, 5) is 18.1. The highest BCUT2D eigenvalue weighted by Crippen LogP contribution is 2.23. The molecule has 2 aromatic rings. The van der Waals surface area contributed by atoms with Crippen molar-refractivity contribution in [3.8, 4) is 0 Å². The normalized spacial score (nSPS) is 11.8. The van der Waals surface area contributed by atoms with E-state index in [1.807, 2.05) is 55.4 Å². The molecular weight excluding hydrogens is 264 g/mol. The fraction of sp³-hybridized carbons (Fsp3) is 0.250. The maximum Gasteiger partial charge on any atom is 0.226 e. The van der Waals surface area contributed by atoms with Gasteiger partial charge in [0.15, 0.2) is 0 Å². The van der Waals surface area contributed by atoms with E-state index in [4.69, 9.17) is 5.73 Å². The summed E-state index contributed by atoms with van der Waals surface area (Å²) in [5.74, 6) is -0.123. The summed E-state index contributed by atoms with van der Waals surface area (Å²) < 4.78 is 0. The minimum atomic E-state index is -0.314. The van der Waals surface area contributed by atoms with Crippen molar-refractivity contribution in [2.24, 2.45) is 5.73 Å². The zero-order valence-electron chi connectivity index (χ0n) is 12.3. The van der Waals surface area contributed by atoms with Crippen LogP contribution in [0.25, 0.3) is 0 Å². The van der Waals surface area contributed by atoms with Crippen molar-refractivity contribution in [1.29, 1.82) is 0 Å². The number of amides is 1. The van der Waals surface area contributed by atoms with E-state index in [0.29, 0.717) is 5.69 Å². The molecule has 0 spiro atoms.